The molecule has 3 unspecified atom stereocenters. The highest BCUT2D eigenvalue weighted by atomic mass is 16.4. The molecule has 0 radical (unpaired) electrons. The Labute approximate surface area is 131 Å². The summed E-state index contributed by atoms with van der Waals surface area (Å²) in [6, 6.07) is 9.44. The number of carbonyl (C=O) groups excluding carboxylic acids is 1. The van der Waals surface area contributed by atoms with Gasteiger partial charge in [-0.05, 0) is 38.8 Å². The zero-order chi connectivity index (χ0) is 16.1. The van der Waals surface area contributed by atoms with E-state index in [-0.39, 0.29) is 23.9 Å². The van der Waals surface area contributed by atoms with Crippen molar-refractivity contribution in [3.05, 3.63) is 35.9 Å². The molecular weight excluding hydrogens is 280 g/mol. The normalized spacial score (nSPS) is 21.8. The molecular formula is C17H24N2O3. The predicted molar refractivity (Wildman–Crippen MR) is 84.4 cm³/mol. The molecule has 1 aromatic rings. The van der Waals surface area contributed by atoms with Crippen LogP contribution >= 0.6 is 0 Å². The number of carboxylic acid groups (broad SMARTS) is 1. The molecule has 3 atom stereocenters. The highest BCUT2D eigenvalue weighted by Gasteiger charge is 2.31. The number of hydrogen-bond donors (Lipinski definition) is 2. The summed E-state index contributed by atoms with van der Waals surface area (Å²) in [7, 11) is 0. The van der Waals surface area contributed by atoms with Gasteiger partial charge in [0.15, 0.2) is 0 Å². The van der Waals surface area contributed by atoms with Crippen molar-refractivity contribution < 1.29 is 14.7 Å². The molecule has 1 aliphatic rings. The van der Waals surface area contributed by atoms with Crippen LogP contribution in [0.5, 0.6) is 0 Å². The number of nitrogens with zero attached hydrogens (tertiary/aromatic N) is 1. The predicted octanol–water partition coefficient (Wildman–Crippen LogP) is 2.05. The first-order chi connectivity index (χ1) is 10.5. The van der Waals surface area contributed by atoms with Crippen LogP contribution in [0.2, 0.25) is 0 Å². The van der Waals surface area contributed by atoms with Gasteiger partial charge in [-0.25, -0.2) is 0 Å². The Bertz CT molecular complexity index is 518. The molecule has 1 fully saturated rings. The average Bonchev–Trinajstić information content (AvgIpc) is 2.54. The Morgan fingerprint density at radius 2 is 1.95 bits per heavy atom. The van der Waals surface area contributed by atoms with E-state index in [0.717, 1.165) is 18.5 Å². The van der Waals surface area contributed by atoms with E-state index in [0.29, 0.717) is 13.0 Å². The van der Waals surface area contributed by atoms with E-state index < -0.39 is 5.97 Å². The molecule has 1 amide bonds. The van der Waals surface area contributed by atoms with Crippen LogP contribution in [-0.2, 0) is 9.59 Å². The fourth-order valence-electron chi connectivity index (χ4n) is 2.88. The summed E-state index contributed by atoms with van der Waals surface area (Å²) in [6.07, 6.45) is 1.52. The molecule has 0 aromatic heterocycles. The first-order valence-corrected chi connectivity index (χ1v) is 7.81. The van der Waals surface area contributed by atoms with Gasteiger partial charge in [-0.3, -0.25) is 14.5 Å². The fraction of sp³-hybridized carbons (Fsp3) is 0.529. The monoisotopic (exact) mass is 304 g/mol. The van der Waals surface area contributed by atoms with Crippen molar-refractivity contribution in [3.63, 3.8) is 0 Å². The largest absolute Gasteiger partial charge is 0.481 e. The Morgan fingerprint density at radius 3 is 2.59 bits per heavy atom. The van der Waals surface area contributed by atoms with Gasteiger partial charge in [0.05, 0.1) is 18.0 Å². The van der Waals surface area contributed by atoms with Gasteiger partial charge in [0.25, 0.3) is 0 Å². The van der Waals surface area contributed by atoms with E-state index >= 15 is 0 Å². The summed E-state index contributed by atoms with van der Waals surface area (Å²) in [6.45, 7) is 5.02. The summed E-state index contributed by atoms with van der Waals surface area (Å²) in [5.41, 5.74) is 1.06. The zero-order valence-corrected chi connectivity index (χ0v) is 13.2. The SMILES string of the molecule is CC(NC(=O)C(C)N1CCCC(C(=O)O)C1)c1ccccc1. The molecule has 0 bridgehead atoms. The quantitative estimate of drug-likeness (QED) is 0.873. The molecule has 0 saturated carbocycles. The minimum Gasteiger partial charge on any atom is -0.481 e. The van der Waals surface area contributed by atoms with Gasteiger partial charge in [-0.2, -0.15) is 0 Å². The van der Waals surface area contributed by atoms with E-state index in [1.54, 1.807) is 0 Å². The molecule has 5 nitrogen and oxygen atoms in total. The lowest BCUT2D eigenvalue weighted by Crippen LogP contribution is -2.50. The first-order valence-electron chi connectivity index (χ1n) is 7.81. The van der Waals surface area contributed by atoms with Crippen molar-refractivity contribution in [2.24, 2.45) is 5.92 Å². The lowest BCUT2D eigenvalue weighted by Gasteiger charge is -2.35. The van der Waals surface area contributed by atoms with Gasteiger partial charge in [-0.1, -0.05) is 30.3 Å². The number of piperidine rings is 1. The summed E-state index contributed by atoms with van der Waals surface area (Å²) < 4.78 is 0. The third-order valence-electron chi connectivity index (χ3n) is 4.39. The van der Waals surface area contributed by atoms with Crippen LogP contribution in [0.1, 0.15) is 38.3 Å². The van der Waals surface area contributed by atoms with Crippen molar-refractivity contribution in [1.29, 1.82) is 0 Å². The fourth-order valence-corrected chi connectivity index (χ4v) is 2.88. The number of hydrogen-bond acceptors (Lipinski definition) is 3. The first kappa shape index (κ1) is 16.5. The second kappa shape index (κ2) is 7.40. The highest BCUT2D eigenvalue weighted by molar-refractivity contribution is 5.82. The number of aliphatic carboxylic acids is 1. The standard InChI is InChI=1S/C17H24N2O3/c1-12(14-7-4-3-5-8-14)18-16(20)13(2)19-10-6-9-15(11-19)17(21)22/h3-5,7-8,12-13,15H,6,9-11H2,1-2H3,(H,18,20)(H,21,22). The number of benzene rings is 1. The number of carboxylic acids is 1. The molecule has 1 heterocycles. The van der Waals surface area contributed by atoms with Crippen LogP contribution in [-0.4, -0.2) is 41.0 Å². The second-order valence-corrected chi connectivity index (χ2v) is 5.99. The van der Waals surface area contributed by atoms with Crippen molar-refractivity contribution in [2.45, 2.75) is 38.8 Å². The van der Waals surface area contributed by atoms with Gasteiger partial charge in [-0.15, -0.1) is 0 Å². The van der Waals surface area contributed by atoms with Crippen LogP contribution in [0.3, 0.4) is 0 Å². The van der Waals surface area contributed by atoms with Crippen LogP contribution < -0.4 is 5.32 Å². The molecule has 5 heteroatoms. The number of amides is 1. The van der Waals surface area contributed by atoms with Crippen LogP contribution in [0.25, 0.3) is 0 Å². The molecule has 0 aliphatic carbocycles. The van der Waals surface area contributed by atoms with E-state index in [2.05, 4.69) is 5.32 Å². The van der Waals surface area contributed by atoms with Gasteiger partial charge in [0, 0.05) is 6.54 Å². The van der Waals surface area contributed by atoms with E-state index in [1.807, 2.05) is 49.1 Å². The number of nitrogens with one attached hydrogen (secondary N) is 1. The summed E-state index contributed by atoms with van der Waals surface area (Å²) >= 11 is 0. The second-order valence-electron chi connectivity index (χ2n) is 5.99. The lowest BCUT2D eigenvalue weighted by atomic mass is 9.97. The van der Waals surface area contributed by atoms with Crippen LogP contribution in [0, 0.1) is 5.92 Å². The molecule has 22 heavy (non-hydrogen) atoms. The van der Waals surface area contributed by atoms with Gasteiger partial charge in [0.1, 0.15) is 0 Å². The number of rotatable bonds is 5. The van der Waals surface area contributed by atoms with E-state index in [9.17, 15) is 9.59 Å². The lowest BCUT2D eigenvalue weighted by molar-refractivity contribution is -0.145. The topological polar surface area (TPSA) is 69.6 Å². The van der Waals surface area contributed by atoms with E-state index in [1.165, 1.54) is 0 Å². The molecule has 0 spiro atoms. The molecule has 1 aromatic carbocycles. The van der Waals surface area contributed by atoms with Gasteiger partial charge >= 0.3 is 5.97 Å². The minimum atomic E-state index is -0.769. The van der Waals surface area contributed by atoms with Crippen molar-refractivity contribution in [2.75, 3.05) is 13.1 Å². The highest BCUT2D eigenvalue weighted by Crippen LogP contribution is 2.19. The molecule has 2 N–H and O–H groups in total. The zero-order valence-electron chi connectivity index (χ0n) is 13.2. The van der Waals surface area contributed by atoms with Crippen LogP contribution in [0.4, 0.5) is 0 Å². The average molecular weight is 304 g/mol. The number of likely N-dealkylation sites (tertiary alicyclic amines) is 1. The van der Waals surface area contributed by atoms with E-state index in [4.69, 9.17) is 5.11 Å². The third kappa shape index (κ3) is 4.07. The Balaban J connectivity index is 1.93. The molecule has 2 rings (SSSR count). The molecule has 1 saturated heterocycles. The Morgan fingerprint density at radius 1 is 1.27 bits per heavy atom. The Kier molecular flexibility index (Phi) is 5.55. The summed E-state index contributed by atoms with van der Waals surface area (Å²) in [5.74, 6) is -1.19. The Hall–Kier alpha value is -1.88. The summed E-state index contributed by atoms with van der Waals surface area (Å²) in [4.78, 5) is 25.5. The maximum Gasteiger partial charge on any atom is 0.307 e. The van der Waals surface area contributed by atoms with Crippen LogP contribution in [0.15, 0.2) is 30.3 Å². The third-order valence-corrected chi connectivity index (χ3v) is 4.39. The molecule has 1 aliphatic heterocycles. The number of carbonyl (C=O) groups is 2. The van der Waals surface area contributed by atoms with Crippen molar-refractivity contribution in [3.8, 4) is 0 Å². The molecule has 120 valence electrons. The minimum absolute atomic E-state index is 0.0533. The van der Waals surface area contributed by atoms with Gasteiger partial charge < -0.3 is 10.4 Å². The maximum atomic E-state index is 12.4. The van der Waals surface area contributed by atoms with Crippen molar-refractivity contribution >= 4 is 11.9 Å². The smallest absolute Gasteiger partial charge is 0.307 e. The van der Waals surface area contributed by atoms with Gasteiger partial charge in [0.2, 0.25) is 5.91 Å². The summed E-state index contributed by atoms with van der Waals surface area (Å²) in [5, 5.41) is 12.2. The maximum absolute atomic E-state index is 12.4. The van der Waals surface area contributed by atoms with Crippen molar-refractivity contribution in [1.82, 2.24) is 10.2 Å².